The zero-order valence-corrected chi connectivity index (χ0v) is 14.3. The summed E-state index contributed by atoms with van der Waals surface area (Å²) in [6, 6.07) is 19.7. The molecule has 0 aliphatic rings. The molecule has 0 aromatic heterocycles. The van der Waals surface area contributed by atoms with Gasteiger partial charge in [-0.2, -0.15) is 0 Å². The molecular formula is C21H19NO4. The summed E-state index contributed by atoms with van der Waals surface area (Å²) in [6.45, 7) is 0.0889. The molecule has 26 heavy (non-hydrogen) atoms. The number of fused-ring (bicyclic) bond motifs is 1. The van der Waals surface area contributed by atoms with Gasteiger partial charge in [0.05, 0.1) is 18.8 Å². The van der Waals surface area contributed by atoms with Gasteiger partial charge in [0.2, 0.25) is 0 Å². The summed E-state index contributed by atoms with van der Waals surface area (Å²) in [4.78, 5) is 23.7. The summed E-state index contributed by atoms with van der Waals surface area (Å²) in [5, 5.41) is 15.2. The van der Waals surface area contributed by atoms with Crippen molar-refractivity contribution in [2.24, 2.45) is 0 Å². The monoisotopic (exact) mass is 349 g/mol. The Labute approximate surface area is 151 Å². The van der Waals surface area contributed by atoms with Gasteiger partial charge < -0.3 is 15.2 Å². The lowest BCUT2D eigenvalue weighted by Gasteiger charge is -2.15. The molecule has 5 nitrogen and oxygen atoms in total. The molecule has 0 spiro atoms. The van der Waals surface area contributed by atoms with Crippen LogP contribution in [0.4, 0.5) is 0 Å². The minimum atomic E-state index is -0.820. The first kappa shape index (κ1) is 17.6. The number of hydrogen-bond donors (Lipinski definition) is 2. The van der Waals surface area contributed by atoms with Crippen LogP contribution in [0, 0.1) is 0 Å². The molecule has 132 valence electrons. The quantitative estimate of drug-likeness (QED) is 0.694. The van der Waals surface area contributed by atoms with E-state index < -0.39 is 12.1 Å². The van der Waals surface area contributed by atoms with Gasteiger partial charge in [0.1, 0.15) is 0 Å². The van der Waals surface area contributed by atoms with Crippen LogP contribution in [0.25, 0.3) is 10.8 Å². The van der Waals surface area contributed by atoms with Gasteiger partial charge in [0, 0.05) is 12.1 Å². The highest BCUT2D eigenvalue weighted by Gasteiger charge is 2.14. The predicted molar refractivity (Wildman–Crippen MR) is 99.0 cm³/mol. The molecule has 3 aromatic carbocycles. The van der Waals surface area contributed by atoms with Crippen molar-refractivity contribution in [3.05, 3.63) is 83.4 Å². The summed E-state index contributed by atoms with van der Waals surface area (Å²) in [5.74, 6) is -0.774. The predicted octanol–water partition coefficient (Wildman–Crippen LogP) is 3.09. The Kier molecular flexibility index (Phi) is 5.29. The van der Waals surface area contributed by atoms with Crippen LogP contribution in [-0.2, 0) is 4.74 Å². The van der Waals surface area contributed by atoms with Crippen molar-refractivity contribution in [3.8, 4) is 0 Å². The largest absolute Gasteiger partial charge is 0.465 e. The van der Waals surface area contributed by atoms with E-state index in [2.05, 4.69) is 10.1 Å². The highest BCUT2D eigenvalue weighted by Crippen LogP contribution is 2.23. The SMILES string of the molecule is COC(=O)c1ccc(C(=O)NC[C@H](O)c2cccc3ccccc23)cc1. The van der Waals surface area contributed by atoms with E-state index in [1.54, 1.807) is 12.1 Å². The molecule has 0 radical (unpaired) electrons. The summed E-state index contributed by atoms with van der Waals surface area (Å²) >= 11 is 0. The average molecular weight is 349 g/mol. The fraction of sp³-hybridized carbons (Fsp3) is 0.143. The summed E-state index contributed by atoms with van der Waals surface area (Å²) < 4.78 is 4.63. The smallest absolute Gasteiger partial charge is 0.337 e. The summed E-state index contributed by atoms with van der Waals surface area (Å²) in [7, 11) is 1.30. The molecule has 1 amide bonds. The number of aliphatic hydroxyl groups is 1. The second-order valence-electron chi connectivity index (χ2n) is 5.86. The number of benzene rings is 3. The van der Waals surface area contributed by atoms with E-state index in [1.807, 2.05) is 42.5 Å². The maximum Gasteiger partial charge on any atom is 0.337 e. The zero-order chi connectivity index (χ0) is 18.5. The van der Waals surface area contributed by atoms with E-state index in [0.717, 1.165) is 16.3 Å². The van der Waals surface area contributed by atoms with Gasteiger partial charge in [-0.1, -0.05) is 42.5 Å². The van der Waals surface area contributed by atoms with Crippen molar-refractivity contribution in [2.75, 3.05) is 13.7 Å². The average Bonchev–Trinajstić information content (AvgIpc) is 2.70. The molecule has 2 N–H and O–H groups in total. The molecule has 0 saturated carbocycles. The minimum Gasteiger partial charge on any atom is -0.465 e. The number of esters is 1. The third-order valence-electron chi connectivity index (χ3n) is 4.21. The molecule has 0 aliphatic heterocycles. The Morgan fingerprint density at radius 1 is 0.962 bits per heavy atom. The highest BCUT2D eigenvalue weighted by atomic mass is 16.5. The summed E-state index contributed by atoms with van der Waals surface area (Å²) in [6.07, 6.45) is -0.820. The number of methoxy groups -OCH3 is 1. The summed E-state index contributed by atoms with van der Waals surface area (Å²) in [5.41, 5.74) is 1.55. The molecule has 0 fully saturated rings. The van der Waals surface area contributed by atoms with Crippen molar-refractivity contribution < 1.29 is 19.4 Å². The molecule has 3 rings (SSSR count). The van der Waals surface area contributed by atoms with E-state index in [-0.39, 0.29) is 12.5 Å². The van der Waals surface area contributed by atoms with Gasteiger partial charge in [-0.25, -0.2) is 4.79 Å². The fourth-order valence-electron chi connectivity index (χ4n) is 2.82. The second kappa shape index (κ2) is 7.80. The number of aliphatic hydroxyl groups excluding tert-OH is 1. The third kappa shape index (κ3) is 3.73. The molecule has 1 atom stereocenters. The maximum atomic E-state index is 12.3. The van der Waals surface area contributed by atoms with Crippen LogP contribution in [0.2, 0.25) is 0 Å². The Hall–Kier alpha value is -3.18. The lowest BCUT2D eigenvalue weighted by atomic mass is 10.0. The minimum absolute atomic E-state index is 0.0889. The molecule has 3 aromatic rings. The van der Waals surface area contributed by atoms with Gasteiger partial charge >= 0.3 is 5.97 Å². The standard InChI is InChI=1S/C21H19NO4/c1-26-21(25)16-11-9-15(10-12-16)20(24)22-13-19(23)18-8-4-6-14-5-2-3-7-17(14)18/h2-12,19,23H,13H2,1H3,(H,22,24)/t19-/m0/s1. The lowest BCUT2D eigenvalue weighted by Crippen LogP contribution is -2.28. The lowest BCUT2D eigenvalue weighted by molar-refractivity contribution is 0.0600. The van der Waals surface area contributed by atoms with E-state index in [0.29, 0.717) is 11.1 Å². The third-order valence-corrected chi connectivity index (χ3v) is 4.21. The van der Waals surface area contributed by atoms with Gasteiger partial charge in [-0.3, -0.25) is 4.79 Å². The first-order valence-electron chi connectivity index (χ1n) is 8.22. The number of carbonyl (C=O) groups is 2. The number of carbonyl (C=O) groups excluding carboxylic acids is 2. The molecule has 5 heteroatoms. The molecule has 0 unspecified atom stereocenters. The molecule has 0 saturated heterocycles. The van der Waals surface area contributed by atoms with Gasteiger partial charge in [-0.15, -0.1) is 0 Å². The first-order chi connectivity index (χ1) is 12.6. The fourth-order valence-corrected chi connectivity index (χ4v) is 2.82. The molecule has 0 heterocycles. The van der Waals surface area contributed by atoms with Crippen molar-refractivity contribution >= 4 is 22.6 Å². The van der Waals surface area contributed by atoms with Crippen LogP contribution in [0.5, 0.6) is 0 Å². The molecule has 0 aliphatic carbocycles. The van der Waals surface area contributed by atoms with Gasteiger partial charge in [-0.05, 0) is 40.6 Å². The van der Waals surface area contributed by atoms with E-state index >= 15 is 0 Å². The van der Waals surface area contributed by atoms with E-state index in [1.165, 1.54) is 19.2 Å². The van der Waals surface area contributed by atoms with Crippen LogP contribution in [-0.4, -0.2) is 30.6 Å². The van der Waals surface area contributed by atoms with Crippen LogP contribution in [0.1, 0.15) is 32.4 Å². The van der Waals surface area contributed by atoms with Crippen LogP contribution < -0.4 is 5.32 Å². The van der Waals surface area contributed by atoms with Crippen LogP contribution in [0.3, 0.4) is 0 Å². The number of hydrogen-bond acceptors (Lipinski definition) is 4. The number of nitrogens with one attached hydrogen (secondary N) is 1. The number of rotatable bonds is 5. The van der Waals surface area contributed by atoms with Gasteiger partial charge in [0.25, 0.3) is 5.91 Å². The van der Waals surface area contributed by atoms with Crippen molar-refractivity contribution in [1.82, 2.24) is 5.32 Å². The number of ether oxygens (including phenoxy) is 1. The van der Waals surface area contributed by atoms with Crippen molar-refractivity contribution in [3.63, 3.8) is 0 Å². The van der Waals surface area contributed by atoms with Crippen LogP contribution in [0.15, 0.2) is 66.7 Å². The van der Waals surface area contributed by atoms with Crippen molar-refractivity contribution in [1.29, 1.82) is 0 Å². The highest BCUT2D eigenvalue weighted by molar-refractivity contribution is 5.96. The van der Waals surface area contributed by atoms with E-state index in [9.17, 15) is 14.7 Å². The van der Waals surface area contributed by atoms with Crippen molar-refractivity contribution in [2.45, 2.75) is 6.10 Å². The Morgan fingerprint density at radius 3 is 2.35 bits per heavy atom. The molecular weight excluding hydrogens is 330 g/mol. The Bertz CT molecular complexity index is 929. The second-order valence-corrected chi connectivity index (χ2v) is 5.86. The topological polar surface area (TPSA) is 75.6 Å². The van der Waals surface area contributed by atoms with Gasteiger partial charge in [0.15, 0.2) is 0 Å². The zero-order valence-electron chi connectivity index (χ0n) is 14.3. The Morgan fingerprint density at radius 2 is 1.62 bits per heavy atom. The Balaban J connectivity index is 1.68. The normalized spacial score (nSPS) is 11.8. The molecule has 0 bridgehead atoms. The number of amides is 1. The van der Waals surface area contributed by atoms with E-state index in [4.69, 9.17) is 0 Å². The van der Waals surface area contributed by atoms with Crippen LogP contribution >= 0.6 is 0 Å². The maximum absolute atomic E-state index is 12.3. The first-order valence-corrected chi connectivity index (χ1v) is 8.22.